The van der Waals surface area contributed by atoms with Crippen molar-refractivity contribution in [1.82, 2.24) is 9.21 Å². The lowest BCUT2D eigenvalue weighted by Crippen LogP contribution is -2.48. The molecular weight excluding hydrogens is 390 g/mol. The number of ether oxygens (including phenoxy) is 1. The fraction of sp³-hybridized carbons (Fsp3) is 0.381. The van der Waals surface area contributed by atoms with Gasteiger partial charge in [0.1, 0.15) is 5.75 Å². The molecule has 0 spiro atoms. The van der Waals surface area contributed by atoms with Crippen LogP contribution < -0.4 is 10.1 Å². The number of aryl methyl sites for hydroxylation is 1. The van der Waals surface area contributed by atoms with Crippen LogP contribution in [0.15, 0.2) is 47.4 Å². The summed E-state index contributed by atoms with van der Waals surface area (Å²) >= 11 is 0. The number of hydrogen-bond acceptors (Lipinski definition) is 5. The second kappa shape index (κ2) is 8.94. The summed E-state index contributed by atoms with van der Waals surface area (Å²) in [6, 6.07) is 11.8. The molecule has 2 aromatic rings. The van der Waals surface area contributed by atoms with Gasteiger partial charge < -0.3 is 15.0 Å². The van der Waals surface area contributed by atoms with E-state index in [4.69, 9.17) is 4.74 Å². The quantitative estimate of drug-likeness (QED) is 0.782. The molecule has 1 fully saturated rings. The number of nitrogens with one attached hydrogen (secondary N) is 1. The van der Waals surface area contributed by atoms with E-state index in [1.807, 2.05) is 19.1 Å². The van der Waals surface area contributed by atoms with Crippen LogP contribution in [-0.2, 0) is 10.0 Å². The standard InChI is InChI=1S/C21H27N3O4S/c1-4-23-11-13-24(14-12-23)29(26,27)17-9-10-20(28-3)19(15-17)22-21(25)18-8-6-5-7-16(18)2/h5-10,15H,4,11-14H2,1-3H3,(H,22,25). The maximum Gasteiger partial charge on any atom is 0.256 e. The van der Waals surface area contributed by atoms with Gasteiger partial charge in [0.2, 0.25) is 10.0 Å². The molecule has 0 atom stereocenters. The minimum absolute atomic E-state index is 0.142. The molecule has 7 nitrogen and oxygen atoms in total. The average molecular weight is 418 g/mol. The molecule has 0 radical (unpaired) electrons. The van der Waals surface area contributed by atoms with Crippen molar-refractivity contribution in [2.45, 2.75) is 18.7 Å². The first-order valence-electron chi connectivity index (χ1n) is 9.64. The molecule has 1 heterocycles. The number of benzene rings is 2. The number of likely N-dealkylation sites (N-methyl/N-ethyl adjacent to an activating group) is 1. The smallest absolute Gasteiger partial charge is 0.256 e. The maximum atomic E-state index is 13.1. The fourth-order valence-electron chi connectivity index (χ4n) is 3.40. The molecule has 1 aliphatic rings. The zero-order chi connectivity index (χ0) is 21.0. The number of piperazine rings is 1. The normalized spacial score (nSPS) is 15.8. The van der Waals surface area contributed by atoms with Crippen LogP contribution in [0.25, 0.3) is 0 Å². The van der Waals surface area contributed by atoms with Crippen LogP contribution in [0.3, 0.4) is 0 Å². The van der Waals surface area contributed by atoms with Crippen LogP contribution in [-0.4, -0.2) is 63.4 Å². The SMILES string of the molecule is CCN1CCN(S(=O)(=O)c2ccc(OC)c(NC(=O)c3ccccc3C)c2)CC1. The highest BCUT2D eigenvalue weighted by atomic mass is 32.2. The van der Waals surface area contributed by atoms with Gasteiger partial charge >= 0.3 is 0 Å². The third-order valence-electron chi connectivity index (χ3n) is 5.23. The van der Waals surface area contributed by atoms with Crippen LogP contribution in [0, 0.1) is 6.92 Å². The lowest BCUT2D eigenvalue weighted by Gasteiger charge is -2.33. The largest absolute Gasteiger partial charge is 0.495 e. The number of nitrogens with zero attached hydrogens (tertiary/aromatic N) is 2. The number of amides is 1. The summed E-state index contributed by atoms with van der Waals surface area (Å²) in [5.74, 6) is 0.0918. The van der Waals surface area contributed by atoms with E-state index in [0.717, 1.165) is 12.1 Å². The first-order valence-corrected chi connectivity index (χ1v) is 11.1. The molecule has 0 saturated carbocycles. The Kier molecular flexibility index (Phi) is 6.56. The Hall–Kier alpha value is -2.42. The third kappa shape index (κ3) is 4.60. The van der Waals surface area contributed by atoms with Crippen LogP contribution in [0.2, 0.25) is 0 Å². The fourth-order valence-corrected chi connectivity index (χ4v) is 4.85. The van der Waals surface area contributed by atoms with Crippen molar-refractivity contribution in [2.24, 2.45) is 0 Å². The van der Waals surface area contributed by atoms with Crippen molar-refractivity contribution in [2.75, 3.05) is 45.2 Å². The molecule has 1 saturated heterocycles. The van der Waals surface area contributed by atoms with Crippen LogP contribution in [0.4, 0.5) is 5.69 Å². The summed E-state index contributed by atoms with van der Waals surface area (Å²) < 4.78 is 33.0. The lowest BCUT2D eigenvalue weighted by molar-refractivity contribution is 0.102. The van der Waals surface area contributed by atoms with Crippen molar-refractivity contribution in [1.29, 1.82) is 0 Å². The van der Waals surface area contributed by atoms with Crippen molar-refractivity contribution in [3.05, 3.63) is 53.6 Å². The first-order chi connectivity index (χ1) is 13.9. The first kappa shape index (κ1) is 21.3. The summed E-state index contributed by atoms with van der Waals surface area (Å²) in [4.78, 5) is 15.1. The topological polar surface area (TPSA) is 79.0 Å². The molecule has 0 aromatic heterocycles. The van der Waals surface area contributed by atoms with Gasteiger partial charge in [-0.1, -0.05) is 25.1 Å². The van der Waals surface area contributed by atoms with E-state index in [2.05, 4.69) is 17.1 Å². The molecule has 1 amide bonds. The van der Waals surface area contributed by atoms with Gasteiger partial charge in [-0.15, -0.1) is 0 Å². The van der Waals surface area contributed by atoms with Gasteiger partial charge in [0.05, 0.1) is 17.7 Å². The summed E-state index contributed by atoms with van der Waals surface area (Å²) in [5, 5.41) is 2.80. The number of anilines is 1. The molecule has 0 unspecified atom stereocenters. The molecule has 8 heteroatoms. The second-order valence-electron chi connectivity index (χ2n) is 6.97. The number of sulfonamides is 1. The van der Waals surface area contributed by atoms with Gasteiger partial charge in [-0.25, -0.2) is 8.42 Å². The van der Waals surface area contributed by atoms with Gasteiger partial charge in [0, 0.05) is 31.7 Å². The number of rotatable bonds is 6. The summed E-state index contributed by atoms with van der Waals surface area (Å²) in [7, 11) is -2.17. The van der Waals surface area contributed by atoms with Crippen LogP contribution >= 0.6 is 0 Å². The molecule has 156 valence electrons. The molecule has 0 bridgehead atoms. The Balaban J connectivity index is 1.87. The minimum Gasteiger partial charge on any atom is -0.495 e. The monoisotopic (exact) mass is 417 g/mol. The molecule has 1 aliphatic heterocycles. The molecule has 0 aliphatic carbocycles. The average Bonchev–Trinajstić information content (AvgIpc) is 2.74. The van der Waals surface area contributed by atoms with Gasteiger partial charge in [-0.05, 0) is 43.3 Å². The maximum absolute atomic E-state index is 13.1. The molecule has 1 N–H and O–H groups in total. The number of hydrogen-bond donors (Lipinski definition) is 1. The molecule has 29 heavy (non-hydrogen) atoms. The Labute approximate surface area is 172 Å². The second-order valence-corrected chi connectivity index (χ2v) is 8.91. The highest BCUT2D eigenvalue weighted by Crippen LogP contribution is 2.30. The highest BCUT2D eigenvalue weighted by molar-refractivity contribution is 7.89. The van der Waals surface area contributed by atoms with Crippen molar-refractivity contribution < 1.29 is 17.9 Å². The Bertz CT molecular complexity index is 983. The number of carbonyl (C=O) groups is 1. The van der Waals surface area contributed by atoms with E-state index in [-0.39, 0.29) is 10.8 Å². The van der Waals surface area contributed by atoms with E-state index < -0.39 is 10.0 Å². The number of methoxy groups -OCH3 is 1. The van der Waals surface area contributed by atoms with E-state index in [1.165, 1.54) is 23.5 Å². The summed E-state index contributed by atoms with van der Waals surface area (Å²) in [6.07, 6.45) is 0. The van der Waals surface area contributed by atoms with E-state index in [0.29, 0.717) is 43.2 Å². The van der Waals surface area contributed by atoms with Crippen molar-refractivity contribution >= 4 is 21.6 Å². The zero-order valence-electron chi connectivity index (χ0n) is 17.0. The summed E-state index contributed by atoms with van der Waals surface area (Å²) in [6.45, 7) is 7.15. The van der Waals surface area contributed by atoms with Gasteiger partial charge in [-0.2, -0.15) is 4.31 Å². The van der Waals surface area contributed by atoms with Gasteiger partial charge in [0.25, 0.3) is 5.91 Å². The molecule has 2 aromatic carbocycles. The molecule has 3 rings (SSSR count). The van der Waals surface area contributed by atoms with Crippen molar-refractivity contribution in [3.63, 3.8) is 0 Å². The van der Waals surface area contributed by atoms with E-state index in [1.54, 1.807) is 18.2 Å². The lowest BCUT2D eigenvalue weighted by atomic mass is 10.1. The Morgan fingerprint density at radius 2 is 1.79 bits per heavy atom. The van der Waals surface area contributed by atoms with Crippen molar-refractivity contribution in [3.8, 4) is 5.75 Å². The van der Waals surface area contributed by atoms with E-state index in [9.17, 15) is 13.2 Å². The predicted octanol–water partition coefficient (Wildman–Crippen LogP) is 2.58. The minimum atomic E-state index is -3.65. The Morgan fingerprint density at radius 1 is 1.10 bits per heavy atom. The Morgan fingerprint density at radius 3 is 2.41 bits per heavy atom. The van der Waals surface area contributed by atoms with Gasteiger partial charge in [0.15, 0.2) is 0 Å². The molecular formula is C21H27N3O4S. The van der Waals surface area contributed by atoms with Gasteiger partial charge in [-0.3, -0.25) is 4.79 Å². The third-order valence-corrected chi connectivity index (χ3v) is 7.12. The van der Waals surface area contributed by atoms with Crippen LogP contribution in [0.5, 0.6) is 5.75 Å². The number of carbonyl (C=O) groups excluding carboxylic acids is 1. The zero-order valence-corrected chi connectivity index (χ0v) is 17.8. The summed E-state index contributed by atoms with van der Waals surface area (Å²) in [5.41, 5.74) is 1.69. The predicted molar refractivity (Wildman–Crippen MR) is 113 cm³/mol. The highest BCUT2D eigenvalue weighted by Gasteiger charge is 2.29. The van der Waals surface area contributed by atoms with E-state index >= 15 is 0 Å². The van der Waals surface area contributed by atoms with Crippen LogP contribution in [0.1, 0.15) is 22.8 Å².